The summed E-state index contributed by atoms with van der Waals surface area (Å²) in [5.74, 6) is -0.0163. The number of carbonyl (C=O) groups is 1. The summed E-state index contributed by atoms with van der Waals surface area (Å²) in [7, 11) is 0. The van der Waals surface area contributed by atoms with E-state index in [1.165, 1.54) is 0 Å². The lowest BCUT2D eigenvalue weighted by atomic mass is 10.0. The SMILES string of the molecule is CC(CN1c2ccccc2C(=O)NC1c1ccccc1)N1CCN(c2ccccc2N)CC1. The lowest BCUT2D eigenvalue weighted by Gasteiger charge is -2.44. The zero-order valence-electron chi connectivity index (χ0n) is 19.0. The van der Waals surface area contributed by atoms with Crippen molar-refractivity contribution < 1.29 is 4.79 Å². The fraction of sp³-hybridized carbons (Fsp3) is 0.296. The molecule has 0 radical (unpaired) electrons. The van der Waals surface area contributed by atoms with Gasteiger partial charge in [0.1, 0.15) is 6.17 Å². The molecule has 1 amide bonds. The number of nitrogens with two attached hydrogens (primary N) is 1. The molecule has 0 bridgehead atoms. The van der Waals surface area contributed by atoms with Crippen LogP contribution in [0, 0.1) is 0 Å². The van der Waals surface area contributed by atoms with E-state index in [1.807, 2.05) is 54.6 Å². The fourth-order valence-electron chi connectivity index (χ4n) is 5.02. The van der Waals surface area contributed by atoms with Gasteiger partial charge < -0.3 is 20.9 Å². The highest BCUT2D eigenvalue weighted by Gasteiger charge is 2.33. The molecule has 0 saturated carbocycles. The van der Waals surface area contributed by atoms with Crippen molar-refractivity contribution >= 4 is 23.0 Å². The number of hydrogen-bond donors (Lipinski definition) is 2. The lowest BCUT2D eigenvalue weighted by molar-refractivity contribution is 0.0923. The van der Waals surface area contributed by atoms with Crippen LogP contribution in [0.3, 0.4) is 0 Å². The molecule has 2 aliphatic heterocycles. The molecule has 0 spiro atoms. The molecule has 3 N–H and O–H groups in total. The number of nitrogen functional groups attached to an aromatic ring is 1. The zero-order chi connectivity index (χ0) is 22.8. The maximum Gasteiger partial charge on any atom is 0.255 e. The molecule has 33 heavy (non-hydrogen) atoms. The van der Waals surface area contributed by atoms with E-state index in [0.29, 0.717) is 6.04 Å². The Kier molecular flexibility index (Phi) is 5.92. The first kappa shape index (κ1) is 21.3. The van der Waals surface area contributed by atoms with Gasteiger partial charge in [0.2, 0.25) is 0 Å². The quantitative estimate of drug-likeness (QED) is 0.591. The van der Waals surface area contributed by atoms with Gasteiger partial charge in [-0.3, -0.25) is 9.69 Å². The number of piperazine rings is 1. The zero-order valence-corrected chi connectivity index (χ0v) is 19.0. The fourth-order valence-corrected chi connectivity index (χ4v) is 5.02. The molecule has 2 atom stereocenters. The maximum atomic E-state index is 12.8. The van der Waals surface area contributed by atoms with Crippen molar-refractivity contribution in [2.24, 2.45) is 0 Å². The van der Waals surface area contributed by atoms with E-state index >= 15 is 0 Å². The number of carbonyl (C=O) groups excluding carboxylic acids is 1. The molecule has 2 heterocycles. The summed E-state index contributed by atoms with van der Waals surface area (Å²) in [6.07, 6.45) is -0.179. The molecule has 3 aromatic carbocycles. The molecule has 1 saturated heterocycles. The maximum absolute atomic E-state index is 12.8. The molecule has 2 aliphatic rings. The van der Waals surface area contributed by atoms with Gasteiger partial charge in [-0.15, -0.1) is 0 Å². The number of fused-ring (bicyclic) bond motifs is 1. The van der Waals surface area contributed by atoms with Crippen LogP contribution in [0.15, 0.2) is 78.9 Å². The first-order valence-electron chi connectivity index (χ1n) is 11.7. The first-order chi connectivity index (χ1) is 16.1. The average molecular weight is 442 g/mol. The van der Waals surface area contributed by atoms with Gasteiger partial charge >= 0.3 is 0 Å². The van der Waals surface area contributed by atoms with E-state index in [9.17, 15) is 4.79 Å². The van der Waals surface area contributed by atoms with Crippen LogP contribution in [-0.2, 0) is 0 Å². The van der Waals surface area contributed by atoms with Crippen LogP contribution in [0.2, 0.25) is 0 Å². The number of anilines is 3. The van der Waals surface area contributed by atoms with Gasteiger partial charge in [0, 0.05) is 38.8 Å². The number of para-hydroxylation sites is 3. The Labute approximate surface area is 195 Å². The number of rotatable bonds is 5. The van der Waals surface area contributed by atoms with E-state index in [-0.39, 0.29) is 12.1 Å². The third-order valence-corrected chi connectivity index (χ3v) is 6.83. The summed E-state index contributed by atoms with van der Waals surface area (Å²) in [6.45, 7) is 6.97. The van der Waals surface area contributed by atoms with Crippen molar-refractivity contribution in [1.82, 2.24) is 10.2 Å². The summed E-state index contributed by atoms with van der Waals surface area (Å²) in [6, 6.07) is 26.6. The first-order valence-corrected chi connectivity index (χ1v) is 11.7. The predicted octanol–water partition coefficient (Wildman–Crippen LogP) is 3.73. The largest absolute Gasteiger partial charge is 0.397 e. The highest BCUT2D eigenvalue weighted by atomic mass is 16.2. The van der Waals surface area contributed by atoms with Crippen LogP contribution in [0.4, 0.5) is 17.1 Å². The molecule has 5 rings (SSSR count). The van der Waals surface area contributed by atoms with Crippen LogP contribution >= 0.6 is 0 Å². The molecule has 6 heteroatoms. The minimum Gasteiger partial charge on any atom is -0.397 e. The Balaban J connectivity index is 1.34. The second kappa shape index (κ2) is 9.16. The Hall–Kier alpha value is -3.51. The Bertz CT molecular complexity index is 1110. The third kappa shape index (κ3) is 4.26. The van der Waals surface area contributed by atoms with E-state index < -0.39 is 0 Å². The van der Waals surface area contributed by atoms with Crippen molar-refractivity contribution in [2.75, 3.05) is 48.3 Å². The van der Waals surface area contributed by atoms with Gasteiger partial charge in [-0.05, 0) is 36.8 Å². The second-order valence-electron chi connectivity index (χ2n) is 8.89. The second-order valence-corrected chi connectivity index (χ2v) is 8.89. The van der Waals surface area contributed by atoms with E-state index in [2.05, 4.69) is 51.2 Å². The van der Waals surface area contributed by atoms with E-state index in [0.717, 1.165) is 60.9 Å². The van der Waals surface area contributed by atoms with E-state index in [4.69, 9.17) is 5.73 Å². The lowest BCUT2D eigenvalue weighted by Crippen LogP contribution is -2.55. The van der Waals surface area contributed by atoms with E-state index in [1.54, 1.807) is 0 Å². The highest BCUT2D eigenvalue weighted by molar-refractivity contribution is 6.02. The smallest absolute Gasteiger partial charge is 0.255 e. The predicted molar refractivity (Wildman–Crippen MR) is 135 cm³/mol. The van der Waals surface area contributed by atoms with Gasteiger partial charge in [0.15, 0.2) is 0 Å². The van der Waals surface area contributed by atoms with Crippen molar-refractivity contribution in [2.45, 2.75) is 19.1 Å². The van der Waals surface area contributed by atoms with Gasteiger partial charge in [0.05, 0.1) is 22.6 Å². The summed E-state index contributed by atoms with van der Waals surface area (Å²) < 4.78 is 0. The Morgan fingerprint density at radius 1 is 0.879 bits per heavy atom. The van der Waals surface area contributed by atoms with Crippen LogP contribution in [-0.4, -0.2) is 49.6 Å². The number of benzene rings is 3. The molecule has 1 fully saturated rings. The Morgan fingerprint density at radius 3 is 2.24 bits per heavy atom. The summed E-state index contributed by atoms with van der Waals surface area (Å²) >= 11 is 0. The summed E-state index contributed by atoms with van der Waals surface area (Å²) in [4.78, 5) is 20.1. The molecular formula is C27H31N5O. The van der Waals surface area contributed by atoms with Crippen LogP contribution in [0.5, 0.6) is 0 Å². The Morgan fingerprint density at radius 2 is 1.52 bits per heavy atom. The topological polar surface area (TPSA) is 64.8 Å². The standard InChI is InChI=1S/C27H31N5O/c1-20(30-15-17-31(18-16-30)25-14-8-6-12-23(25)28)19-32-24-13-7-5-11-22(24)27(33)29-26(32)21-9-3-2-4-10-21/h2-14,20,26H,15-19,28H2,1H3,(H,29,33). The molecule has 0 aliphatic carbocycles. The monoisotopic (exact) mass is 441 g/mol. The highest BCUT2D eigenvalue weighted by Crippen LogP contribution is 2.33. The van der Waals surface area contributed by atoms with Gasteiger partial charge in [-0.2, -0.15) is 0 Å². The number of nitrogens with one attached hydrogen (secondary N) is 1. The molecule has 2 unspecified atom stereocenters. The minimum absolute atomic E-state index is 0.0163. The normalized spacial score (nSPS) is 19.7. The van der Waals surface area contributed by atoms with Crippen molar-refractivity contribution in [3.63, 3.8) is 0 Å². The third-order valence-electron chi connectivity index (χ3n) is 6.83. The van der Waals surface area contributed by atoms with Gasteiger partial charge in [0.25, 0.3) is 5.91 Å². The van der Waals surface area contributed by atoms with Gasteiger partial charge in [-0.1, -0.05) is 54.6 Å². The van der Waals surface area contributed by atoms with Gasteiger partial charge in [-0.25, -0.2) is 0 Å². The van der Waals surface area contributed by atoms with Crippen molar-refractivity contribution in [3.05, 3.63) is 90.0 Å². The molecule has 6 nitrogen and oxygen atoms in total. The molecule has 170 valence electrons. The average Bonchev–Trinajstić information content (AvgIpc) is 2.86. The van der Waals surface area contributed by atoms with Crippen LogP contribution < -0.4 is 20.9 Å². The molecule has 3 aromatic rings. The number of amides is 1. The number of nitrogens with zero attached hydrogens (tertiary/aromatic N) is 3. The van der Waals surface area contributed by atoms with Crippen molar-refractivity contribution in [3.8, 4) is 0 Å². The van der Waals surface area contributed by atoms with Crippen molar-refractivity contribution in [1.29, 1.82) is 0 Å². The summed E-state index contributed by atoms with van der Waals surface area (Å²) in [5, 5.41) is 3.23. The summed E-state index contributed by atoms with van der Waals surface area (Å²) in [5.41, 5.74) is 11.0. The molecule has 0 aromatic heterocycles. The molecular weight excluding hydrogens is 410 g/mol. The van der Waals surface area contributed by atoms with Crippen LogP contribution in [0.1, 0.15) is 29.0 Å². The van der Waals surface area contributed by atoms with Crippen LogP contribution in [0.25, 0.3) is 0 Å². The number of hydrogen-bond acceptors (Lipinski definition) is 5. The minimum atomic E-state index is -0.179.